The minimum atomic E-state index is -3.75. The Hall–Kier alpha value is -1.01. The average Bonchev–Trinajstić information content (AvgIpc) is 2.76. The molecule has 1 saturated carbocycles. The van der Waals surface area contributed by atoms with E-state index in [9.17, 15) is 17.2 Å². The van der Waals surface area contributed by atoms with Crippen LogP contribution in [0, 0.1) is 11.6 Å². The van der Waals surface area contributed by atoms with Crippen molar-refractivity contribution in [1.29, 1.82) is 0 Å². The summed E-state index contributed by atoms with van der Waals surface area (Å²) in [7, 11) is -2.06. The highest BCUT2D eigenvalue weighted by Gasteiger charge is 2.38. The first kappa shape index (κ1) is 13.4. The normalized spacial score (nSPS) is 24.4. The summed E-state index contributed by atoms with van der Waals surface area (Å²) in [6.45, 7) is 0. The van der Waals surface area contributed by atoms with E-state index in [0.29, 0.717) is 12.5 Å². The maximum atomic E-state index is 13.6. The van der Waals surface area contributed by atoms with E-state index in [2.05, 4.69) is 5.32 Å². The first-order chi connectivity index (χ1) is 8.46. The zero-order valence-electron chi connectivity index (χ0n) is 9.99. The van der Waals surface area contributed by atoms with Gasteiger partial charge in [0.2, 0.25) is 0 Å². The number of nitrogens with one attached hydrogen (secondary N) is 1. The molecule has 0 saturated heterocycles. The van der Waals surface area contributed by atoms with E-state index in [0.717, 1.165) is 25.0 Å². The van der Waals surface area contributed by atoms with E-state index in [1.165, 1.54) is 0 Å². The Labute approximate surface area is 105 Å². The first-order valence-electron chi connectivity index (χ1n) is 5.83. The lowest BCUT2D eigenvalue weighted by Gasteiger charge is -2.19. The molecule has 1 fully saturated rings. The minimum Gasteiger partial charge on any atom is -0.316 e. The van der Waals surface area contributed by atoms with Crippen molar-refractivity contribution < 1.29 is 17.2 Å². The van der Waals surface area contributed by atoms with Gasteiger partial charge in [-0.2, -0.15) is 0 Å². The molecule has 1 aromatic carbocycles. The molecule has 3 nitrogen and oxygen atoms in total. The maximum Gasteiger partial charge on any atom is 0.185 e. The van der Waals surface area contributed by atoms with Gasteiger partial charge in [-0.1, -0.05) is 6.42 Å². The Balaban J connectivity index is 2.42. The fraction of sp³-hybridized carbons (Fsp3) is 0.500. The lowest BCUT2D eigenvalue weighted by molar-refractivity contribution is 0.522. The number of benzene rings is 1. The van der Waals surface area contributed by atoms with Crippen molar-refractivity contribution in [2.45, 2.75) is 35.4 Å². The Morgan fingerprint density at radius 1 is 1.28 bits per heavy atom. The Bertz CT molecular complexity index is 545. The van der Waals surface area contributed by atoms with Crippen LogP contribution >= 0.6 is 0 Å². The summed E-state index contributed by atoms with van der Waals surface area (Å²) in [5.41, 5.74) is 0. The van der Waals surface area contributed by atoms with Crippen LogP contribution in [-0.4, -0.2) is 26.8 Å². The van der Waals surface area contributed by atoms with Gasteiger partial charge in [0.25, 0.3) is 0 Å². The van der Waals surface area contributed by atoms with Crippen molar-refractivity contribution in [2.24, 2.45) is 0 Å². The quantitative estimate of drug-likeness (QED) is 0.857. The molecule has 2 unspecified atom stereocenters. The predicted octanol–water partition coefficient (Wildman–Crippen LogP) is 1.88. The maximum absolute atomic E-state index is 13.6. The molecule has 2 rings (SSSR count). The molecule has 2 atom stereocenters. The molecule has 0 aliphatic heterocycles. The molecule has 18 heavy (non-hydrogen) atoms. The van der Waals surface area contributed by atoms with Crippen LogP contribution in [0.4, 0.5) is 8.78 Å². The second-order valence-corrected chi connectivity index (χ2v) is 6.62. The van der Waals surface area contributed by atoms with Crippen molar-refractivity contribution in [3.05, 3.63) is 29.8 Å². The molecule has 0 bridgehead atoms. The molecule has 0 amide bonds. The topological polar surface area (TPSA) is 46.2 Å². The van der Waals surface area contributed by atoms with Crippen molar-refractivity contribution >= 4 is 9.84 Å². The van der Waals surface area contributed by atoms with Crippen LogP contribution in [0.15, 0.2) is 23.1 Å². The number of rotatable bonds is 3. The van der Waals surface area contributed by atoms with Crippen molar-refractivity contribution in [1.82, 2.24) is 5.32 Å². The summed E-state index contributed by atoms with van der Waals surface area (Å²) in [6.07, 6.45) is 2.05. The summed E-state index contributed by atoms with van der Waals surface area (Å²) in [6, 6.07) is 2.42. The van der Waals surface area contributed by atoms with E-state index in [4.69, 9.17) is 0 Å². The third kappa shape index (κ3) is 2.27. The number of halogens is 2. The third-order valence-electron chi connectivity index (χ3n) is 3.42. The third-order valence-corrected chi connectivity index (χ3v) is 5.73. The van der Waals surface area contributed by atoms with E-state index in [1.807, 2.05) is 0 Å². The first-order valence-corrected chi connectivity index (χ1v) is 7.37. The Kier molecular flexibility index (Phi) is 3.68. The molecule has 1 N–H and O–H groups in total. The molecule has 1 aromatic rings. The van der Waals surface area contributed by atoms with E-state index in [1.54, 1.807) is 7.05 Å². The van der Waals surface area contributed by atoms with Gasteiger partial charge in [0.1, 0.15) is 16.5 Å². The van der Waals surface area contributed by atoms with Crippen LogP contribution in [0.3, 0.4) is 0 Å². The average molecular weight is 275 g/mol. The van der Waals surface area contributed by atoms with Gasteiger partial charge >= 0.3 is 0 Å². The fourth-order valence-electron chi connectivity index (χ4n) is 2.50. The number of hydrogen-bond acceptors (Lipinski definition) is 3. The standard InChI is InChI=1S/C12H15F2NO2S/c1-15-10-3-2-4-12(10)18(16,17)11-6-5-8(13)7-9(11)14/h5-7,10,12,15H,2-4H2,1H3. The molecule has 0 aromatic heterocycles. The van der Waals surface area contributed by atoms with E-state index < -0.39 is 31.6 Å². The summed E-state index contributed by atoms with van der Waals surface area (Å²) < 4.78 is 51.1. The van der Waals surface area contributed by atoms with Crippen LogP contribution in [-0.2, 0) is 9.84 Å². The van der Waals surface area contributed by atoms with Gasteiger partial charge in [0.15, 0.2) is 9.84 Å². The second kappa shape index (κ2) is 4.93. The Morgan fingerprint density at radius 3 is 2.61 bits per heavy atom. The van der Waals surface area contributed by atoms with Crippen LogP contribution < -0.4 is 5.32 Å². The molecule has 1 aliphatic rings. The molecular weight excluding hydrogens is 260 g/mol. The molecule has 1 aliphatic carbocycles. The minimum absolute atomic E-state index is 0.167. The van der Waals surface area contributed by atoms with Gasteiger partial charge < -0.3 is 5.32 Å². The predicted molar refractivity (Wildman–Crippen MR) is 64.0 cm³/mol. The zero-order valence-corrected chi connectivity index (χ0v) is 10.8. The van der Waals surface area contributed by atoms with Crippen molar-refractivity contribution in [2.75, 3.05) is 7.05 Å². The molecule has 0 heterocycles. The smallest absolute Gasteiger partial charge is 0.185 e. The molecule has 6 heteroatoms. The number of sulfone groups is 1. The molecule has 0 spiro atoms. The van der Waals surface area contributed by atoms with Crippen molar-refractivity contribution in [3.8, 4) is 0 Å². The summed E-state index contributed by atoms with van der Waals surface area (Å²) in [4.78, 5) is -0.406. The number of hydrogen-bond donors (Lipinski definition) is 1. The van der Waals surface area contributed by atoms with Crippen LogP contribution in [0.5, 0.6) is 0 Å². The lowest BCUT2D eigenvalue weighted by atomic mass is 10.2. The summed E-state index contributed by atoms with van der Waals surface area (Å²) in [5.74, 6) is -1.79. The van der Waals surface area contributed by atoms with Gasteiger partial charge in [-0.3, -0.25) is 0 Å². The molecular formula is C12H15F2NO2S. The van der Waals surface area contributed by atoms with Crippen molar-refractivity contribution in [3.63, 3.8) is 0 Å². The van der Waals surface area contributed by atoms with Crippen LogP contribution in [0.25, 0.3) is 0 Å². The highest BCUT2D eigenvalue weighted by Crippen LogP contribution is 2.31. The van der Waals surface area contributed by atoms with Gasteiger partial charge in [-0.25, -0.2) is 17.2 Å². The lowest BCUT2D eigenvalue weighted by Crippen LogP contribution is -2.38. The van der Waals surface area contributed by atoms with E-state index in [-0.39, 0.29) is 6.04 Å². The highest BCUT2D eigenvalue weighted by atomic mass is 32.2. The highest BCUT2D eigenvalue weighted by molar-refractivity contribution is 7.92. The van der Waals surface area contributed by atoms with Gasteiger partial charge in [0.05, 0.1) is 5.25 Å². The van der Waals surface area contributed by atoms with Crippen LogP contribution in [0.1, 0.15) is 19.3 Å². The fourth-order valence-corrected chi connectivity index (χ4v) is 4.59. The summed E-state index contributed by atoms with van der Waals surface area (Å²) >= 11 is 0. The Morgan fingerprint density at radius 2 is 2.00 bits per heavy atom. The van der Waals surface area contributed by atoms with E-state index >= 15 is 0 Å². The van der Waals surface area contributed by atoms with Gasteiger partial charge in [-0.15, -0.1) is 0 Å². The molecule has 100 valence electrons. The summed E-state index contributed by atoms with van der Waals surface area (Å²) in [5, 5.41) is 2.31. The van der Waals surface area contributed by atoms with Gasteiger partial charge in [-0.05, 0) is 32.0 Å². The zero-order chi connectivity index (χ0) is 13.3. The van der Waals surface area contributed by atoms with Crippen LogP contribution in [0.2, 0.25) is 0 Å². The SMILES string of the molecule is CNC1CCCC1S(=O)(=O)c1ccc(F)cc1F. The molecule has 0 radical (unpaired) electrons. The van der Waals surface area contributed by atoms with Gasteiger partial charge in [0, 0.05) is 12.1 Å². The largest absolute Gasteiger partial charge is 0.316 e. The second-order valence-electron chi connectivity index (χ2n) is 4.48. The monoisotopic (exact) mass is 275 g/mol.